The highest BCUT2D eigenvalue weighted by molar-refractivity contribution is 5.69. The number of aliphatic hydroxyl groups is 1. The van der Waals surface area contributed by atoms with Crippen LogP contribution in [0.4, 0.5) is 4.79 Å². The Morgan fingerprint density at radius 3 is 2.62 bits per heavy atom. The third-order valence-electron chi connectivity index (χ3n) is 3.48. The molecule has 1 amide bonds. The van der Waals surface area contributed by atoms with Gasteiger partial charge in [0, 0.05) is 18.5 Å². The number of rotatable bonds is 0. The highest BCUT2D eigenvalue weighted by Crippen LogP contribution is 2.38. The van der Waals surface area contributed by atoms with Gasteiger partial charge in [0.25, 0.3) is 0 Å². The van der Waals surface area contributed by atoms with E-state index in [4.69, 9.17) is 4.74 Å². The van der Waals surface area contributed by atoms with Crippen LogP contribution in [0.25, 0.3) is 0 Å². The van der Waals surface area contributed by atoms with Gasteiger partial charge in [-0.3, -0.25) is 0 Å². The molecule has 2 aliphatic rings. The predicted molar refractivity (Wildman–Crippen MR) is 60.1 cm³/mol. The Hall–Kier alpha value is -0.770. The molecule has 0 aromatic heterocycles. The Kier molecular flexibility index (Phi) is 2.86. The van der Waals surface area contributed by atoms with E-state index in [1.165, 1.54) is 0 Å². The smallest absolute Gasteiger partial charge is 0.410 e. The average Bonchev–Trinajstić information content (AvgIpc) is 2.66. The minimum Gasteiger partial charge on any atom is -0.444 e. The second-order valence-electron chi connectivity index (χ2n) is 5.84. The van der Waals surface area contributed by atoms with Crippen molar-refractivity contribution < 1.29 is 14.6 Å². The number of amides is 1. The predicted octanol–water partition coefficient (Wildman–Crippen LogP) is 1.77. The fraction of sp³-hybridized carbons (Fsp3) is 0.917. The average molecular weight is 227 g/mol. The van der Waals surface area contributed by atoms with Crippen molar-refractivity contribution in [3.05, 3.63) is 0 Å². The Morgan fingerprint density at radius 2 is 2.00 bits per heavy atom. The standard InChI is InChI=1S/C12H21NO3/c1-12(2,3)16-11(15)13-7-6-8-9(13)4-5-10(8)14/h8-10,14H,4-7H2,1-3H3/t8-,9+,10-/m0/s1. The van der Waals surface area contributed by atoms with E-state index in [0.717, 1.165) is 25.8 Å². The van der Waals surface area contributed by atoms with Gasteiger partial charge < -0.3 is 14.7 Å². The van der Waals surface area contributed by atoms with Crippen LogP contribution in [0.15, 0.2) is 0 Å². The first-order chi connectivity index (χ1) is 7.38. The van der Waals surface area contributed by atoms with Gasteiger partial charge in [0.05, 0.1) is 6.10 Å². The minimum absolute atomic E-state index is 0.199. The summed E-state index contributed by atoms with van der Waals surface area (Å²) in [5, 5.41) is 9.75. The van der Waals surface area contributed by atoms with Crippen LogP contribution in [0, 0.1) is 5.92 Å². The lowest BCUT2D eigenvalue weighted by atomic mass is 10.0. The van der Waals surface area contributed by atoms with Crippen LogP contribution in [-0.4, -0.2) is 40.4 Å². The summed E-state index contributed by atoms with van der Waals surface area (Å²) in [6, 6.07) is 0.199. The van der Waals surface area contributed by atoms with Crippen LogP contribution < -0.4 is 0 Å². The van der Waals surface area contributed by atoms with Gasteiger partial charge in [0.2, 0.25) is 0 Å². The zero-order valence-corrected chi connectivity index (χ0v) is 10.3. The summed E-state index contributed by atoms with van der Waals surface area (Å²) in [6.07, 6.45) is 2.18. The second kappa shape index (κ2) is 3.91. The van der Waals surface area contributed by atoms with E-state index >= 15 is 0 Å². The molecular formula is C12H21NO3. The van der Waals surface area contributed by atoms with Crippen molar-refractivity contribution in [3.63, 3.8) is 0 Å². The molecule has 4 nitrogen and oxygen atoms in total. The van der Waals surface area contributed by atoms with Crippen LogP contribution in [0.1, 0.15) is 40.0 Å². The number of fused-ring (bicyclic) bond motifs is 1. The Morgan fingerprint density at radius 1 is 1.31 bits per heavy atom. The van der Waals surface area contributed by atoms with Gasteiger partial charge >= 0.3 is 6.09 Å². The van der Waals surface area contributed by atoms with Gasteiger partial charge in [-0.1, -0.05) is 0 Å². The van der Waals surface area contributed by atoms with Gasteiger partial charge in [0.1, 0.15) is 5.60 Å². The van der Waals surface area contributed by atoms with Crippen molar-refractivity contribution in [1.29, 1.82) is 0 Å². The van der Waals surface area contributed by atoms with Gasteiger partial charge in [-0.2, -0.15) is 0 Å². The van der Waals surface area contributed by atoms with E-state index < -0.39 is 5.60 Å². The largest absolute Gasteiger partial charge is 0.444 e. The van der Waals surface area contributed by atoms with Crippen molar-refractivity contribution in [3.8, 4) is 0 Å². The molecule has 92 valence electrons. The van der Waals surface area contributed by atoms with Gasteiger partial charge in [0.15, 0.2) is 0 Å². The quantitative estimate of drug-likeness (QED) is 0.686. The SMILES string of the molecule is CC(C)(C)OC(=O)N1CC[C@H]2[C@H]1CC[C@@H]2O. The van der Waals surface area contributed by atoms with Crippen molar-refractivity contribution in [2.24, 2.45) is 5.92 Å². The van der Waals surface area contributed by atoms with Crippen LogP contribution in [0.2, 0.25) is 0 Å². The number of likely N-dealkylation sites (tertiary alicyclic amines) is 1. The fourth-order valence-corrected chi connectivity index (χ4v) is 2.80. The van der Waals surface area contributed by atoms with Gasteiger partial charge in [-0.05, 0) is 40.0 Å². The van der Waals surface area contributed by atoms with E-state index in [1.54, 1.807) is 4.90 Å². The second-order valence-corrected chi connectivity index (χ2v) is 5.84. The minimum atomic E-state index is -0.438. The van der Waals surface area contributed by atoms with E-state index in [-0.39, 0.29) is 24.2 Å². The highest BCUT2D eigenvalue weighted by Gasteiger charge is 2.45. The van der Waals surface area contributed by atoms with Crippen molar-refractivity contribution in [1.82, 2.24) is 4.90 Å². The molecule has 0 spiro atoms. The number of carbonyl (C=O) groups excluding carboxylic acids is 1. The molecule has 16 heavy (non-hydrogen) atoms. The molecule has 1 heterocycles. The van der Waals surface area contributed by atoms with E-state index in [2.05, 4.69) is 0 Å². The maximum Gasteiger partial charge on any atom is 0.410 e. The lowest BCUT2D eigenvalue weighted by Crippen LogP contribution is -2.40. The molecule has 0 radical (unpaired) electrons. The molecule has 1 aliphatic carbocycles. The summed E-state index contributed by atoms with van der Waals surface area (Å²) in [6.45, 7) is 6.35. The van der Waals surface area contributed by atoms with Crippen LogP contribution >= 0.6 is 0 Å². The summed E-state index contributed by atoms with van der Waals surface area (Å²) < 4.78 is 5.37. The molecule has 3 atom stereocenters. The molecule has 1 aliphatic heterocycles. The van der Waals surface area contributed by atoms with Crippen LogP contribution in [0.5, 0.6) is 0 Å². The summed E-state index contributed by atoms with van der Waals surface area (Å²) in [5.41, 5.74) is -0.438. The highest BCUT2D eigenvalue weighted by atomic mass is 16.6. The zero-order valence-electron chi connectivity index (χ0n) is 10.3. The molecule has 0 unspecified atom stereocenters. The number of hydrogen-bond acceptors (Lipinski definition) is 3. The lowest BCUT2D eigenvalue weighted by Gasteiger charge is -2.28. The summed E-state index contributed by atoms with van der Waals surface area (Å²) in [7, 11) is 0. The molecule has 0 aromatic carbocycles. The molecule has 2 fully saturated rings. The molecule has 0 bridgehead atoms. The molecular weight excluding hydrogens is 206 g/mol. The third-order valence-corrected chi connectivity index (χ3v) is 3.48. The molecule has 1 N–H and O–H groups in total. The van der Waals surface area contributed by atoms with Crippen molar-refractivity contribution in [2.45, 2.75) is 57.8 Å². The topological polar surface area (TPSA) is 49.8 Å². The zero-order chi connectivity index (χ0) is 11.9. The fourth-order valence-electron chi connectivity index (χ4n) is 2.80. The third kappa shape index (κ3) is 2.17. The number of hydrogen-bond donors (Lipinski definition) is 1. The van der Waals surface area contributed by atoms with E-state index in [1.807, 2.05) is 20.8 Å². The maximum absolute atomic E-state index is 11.9. The summed E-state index contributed by atoms with van der Waals surface area (Å²) in [5.74, 6) is 0.271. The Balaban J connectivity index is 1.99. The van der Waals surface area contributed by atoms with Crippen LogP contribution in [-0.2, 0) is 4.74 Å². The first kappa shape index (κ1) is 11.7. The molecule has 4 heteroatoms. The maximum atomic E-state index is 11.9. The first-order valence-electron chi connectivity index (χ1n) is 6.06. The van der Waals surface area contributed by atoms with Gasteiger partial charge in [-0.25, -0.2) is 4.79 Å². The molecule has 1 saturated heterocycles. The number of carbonyl (C=O) groups is 1. The monoisotopic (exact) mass is 227 g/mol. The normalized spacial score (nSPS) is 34.0. The summed E-state index contributed by atoms with van der Waals surface area (Å²) in [4.78, 5) is 13.7. The Labute approximate surface area is 96.6 Å². The Bertz CT molecular complexity index is 284. The molecule has 2 rings (SSSR count). The first-order valence-corrected chi connectivity index (χ1v) is 6.06. The van der Waals surface area contributed by atoms with E-state index in [9.17, 15) is 9.90 Å². The lowest BCUT2D eigenvalue weighted by molar-refractivity contribution is 0.0211. The van der Waals surface area contributed by atoms with Crippen molar-refractivity contribution >= 4 is 6.09 Å². The van der Waals surface area contributed by atoms with E-state index in [0.29, 0.717) is 0 Å². The molecule has 0 aromatic rings. The molecule has 1 saturated carbocycles. The summed E-state index contributed by atoms with van der Waals surface area (Å²) >= 11 is 0. The number of ether oxygens (including phenoxy) is 1. The number of nitrogens with zero attached hydrogens (tertiary/aromatic N) is 1. The van der Waals surface area contributed by atoms with Crippen molar-refractivity contribution in [2.75, 3.05) is 6.54 Å². The number of aliphatic hydroxyl groups excluding tert-OH is 1. The van der Waals surface area contributed by atoms with Gasteiger partial charge in [-0.15, -0.1) is 0 Å². The van der Waals surface area contributed by atoms with Crippen LogP contribution in [0.3, 0.4) is 0 Å².